The highest BCUT2D eigenvalue weighted by Crippen LogP contribution is 2.18. The van der Waals surface area contributed by atoms with Crippen molar-refractivity contribution in [1.29, 1.82) is 0 Å². The minimum Gasteiger partial charge on any atom is -0.368 e. The fraction of sp³-hybridized carbons (Fsp3) is 0.429. The van der Waals surface area contributed by atoms with Crippen molar-refractivity contribution in [3.8, 4) is 0 Å². The molecule has 0 radical (unpaired) electrons. The van der Waals surface area contributed by atoms with Gasteiger partial charge in [0.15, 0.2) is 5.82 Å². The summed E-state index contributed by atoms with van der Waals surface area (Å²) in [6.07, 6.45) is 3.07. The van der Waals surface area contributed by atoms with Crippen molar-refractivity contribution >= 4 is 34.2 Å². The number of halogens is 1. The molecule has 0 aliphatic rings. The molecule has 0 saturated carbocycles. The smallest absolute Gasteiger partial charge is 0.239 e. The predicted molar refractivity (Wildman–Crippen MR) is 62.3 cm³/mol. The summed E-state index contributed by atoms with van der Waals surface area (Å²) >= 11 is 5.84. The third-order valence-corrected chi connectivity index (χ3v) is 2.61. The molecule has 1 atom stereocenters. The summed E-state index contributed by atoms with van der Waals surface area (Å²) in [5.41, 5.74) is 2.31. The van der Waals surface area contributed by atoms with Crippen molar-refractivity contribution in [3.63, 3.8) is 0 Å². The first-order valence-electron chi connectivity index (χ1n) is 4.16. The molecule has 1 aromatic rings. The van der Waals surface area contributed by atoms with Crippen molar-refractivity contribution in [2.24, 2.45) is 5.84 Å². The van der Waals surface area contributed by atoms with Crippen molar-refractivity contribution < 1.29 is 4.21 Å². The van der Waals surface area contributed by atoms with Crippen LogP contribution < -0.4 is 16.6 Å². The quantitative estimate of drug-likeness (QED) is 0.510. The van der Waals surface area contributed by atoms with Crippen LogP contribution in [0.1, 0.15) is 0 Å². The molecule has 0 spiro atoms. The van der Waals surface area contributed by atoms with Gasteiger partial charge in [0.1, 0.15) is 5.02 Å². The lowest BCUT2D eigenvalue weighted by Crippen LogP contribution is -2.14. The Morgan fingerprint density at radius 2 is 2.40 bits per heavy atom. The third kappa shape index (κ3) is 3.98. The molecule has 15 heavy (non-hydrogen) atoms. The summed E-state index contributed by atoms with van der Waals surface area (Å²) in [4.78, 5) is 7.82. The second-order valence-electron chi connectivity index (χ2n) is 2.74. The molecule has 0 aromatic carbocycles. The topological polar surface area (TPSA) is 92.9 Å². The van der Waals surface area contributed by atoms with E-state index in [9.17, 15) is 4.21 Å². The van der Waals surface area contributed by atoms with Gasteiger partial charge in [-0.25, -0.2) is 10.8 Å². The summed E-state index contributed by atoms with van der Waals surface area (Å²) < 4.78 is 10.8. The molecule has 0 fully saturated rings. The van der Waals surface area contributed by atoms with Gasteiger partial charge in [0, 0.05) is 29.4 Å². The molecule has 6 nitrogen and oxygen atoms in total. The predicted octanol–water partition coefficient (Wildman–Crippen LogP) is 0.206. The standard InChI is InChI=1S/C7H12ClN5OS/c1-15(14)3-2-10-6-5(8)4-11-7(12-6)13-9/h4H,2-3,9H2,1H3,(H2,10,11,12,13). The maximum absolute atomic E-state index is 10.8. The number of nitrogen functional groups attached to an aromatic ring is 1. The number of hydrogen-bond donors (Lipinski definition) is 3. The molecular weight excluding hydrogens is 238 g/mol. The average Bonchev–Trinajstić information content (AvgIpc) is 2.20. The van der Waals surface area contributed by atoms with Gasteiger partial charge in [-0.2, -0.15) is 4.98 Å². The number of nitrogens with two attached hydrogens (primary N) is 1. The van der Waals surface area contributed by atoms with Crippen LogP contribution >= 0.6 is 11.6 Å². The highest BCUT2D eigenvalue weighted by atomic mass is 35.5. The fourth-order valence-corrected chi connectivity index (χ4v) is 1.42. The van der Waals surface area contributed by atoms with Gasteiger partial charge in [0.2, 0.25) is 5.95 Å². The minimum absolute atomic E-state index is 0.277. The lowest BCUT2D eigenvalue weighted by Gasteiger charge is -2.07. The Bertz CT molecular complexity index is 361. The molecule has 0 amide bonds. The molecule has 0 bridgehead atoms. The Hall–Kier alpha value is -0.920. The first kappa shape index (κ1) is 12.2. The number of anilines is 2. The van der Waals surface area contributed by atoms with E-state index in [4.69, 9.17) is 17.4 Å². The number of nitrogens with one attached hydrogen (secondary N) is 2. The van der Waals surface area contributed by atoms with E-state index in [2.05, 4.69) is 20.7 Å². The van der Waals surface area contributed by atoms with E-state index in [1.54, 1.807) is 6.26 Å². The fourth-order valence-electron chi connectivity index (χ4n) is 0.874. The van der Waals surface area contributed by atoms with Gasteiger partial charge in [0.25, 0.3) is 0 Å². The molecule has 1 rings (SSSR count). The third-order valence-electron chi connectivity index (χ3n) is 1.56. The SMILES string of the molecule is CS(=O)CCNc1nc(NN)ncc1Cl. The lowest BCUT2D eigenvalue weighted by molar-refractivity contribution is 0.687. The zero-order chi connectivity index (χ0) is 11.3. The summed E-state index contributed by atoms with van der Waals surface area (Å²) in [6, 6.07) is 0. The van der Waals surface area contributed by atoms with Crippen LogP contribution in [0.15, 0.2) is 6.20 Å². The monoisotopic (exact) mass is 249 g/mol. The maximum atomic E-state index is 10.8. The minimum atomic E-state index is -0.842. The van der Waals surface area contributed by atoms with Crippen LogP contribution in [0.4, 0.5) is 11.8 Å². The summed E-state index contributed by atoms with van der Waals surface area (Å²) in [6.45, 7) is 0.532. The number of hydrazine groups is 1. The largest absolute Gasteiger partial charge is 0.368 e. The van der Waals surface area contributed by atoms with Crippen molar-refractivity contribution in [2.75, 3.05) is 29.3 Å². The first-order valence-corrected chi connectivity index (χ1v) is 6.27. The van der Waals surface area contributed by atoms with E-state index in [1.165, 1.54) is 6.20 Å². The van der Waals surface area contributed by atoms with Gasteiger partial charge in [-0.1, -0.05) is 11.6 Å². The molecule has 1 aromatic heterocycles. The zero-order valence-electron chi connectivity index (χ0n) is 8.16. The summed E-state index contributed by atoms with van der Waals surface area (Å²) in [5.74, 6) is 6.44. The lowest BCUT2D eigenvalue weighted by atomic mass is 10.5. The van der Waals surface area contributed by atoms with Crippen LogP contribution in [-0.2, 0) is 10.8 Å². The second-order valence-corrected chi connectivity index (χ2v) is 4.70. The normalized spacial score (nSPS) is 12.2. The molecular formula is C7H12ClN5OS. The second kappa shape index (κ2) is 5.84. The average molecular weight is 250 g/mol. The van der Waals surface area contributed by atoms with Crippen molar-refractivity contribution in [1.82, 2.24) is 9.97 Å². The molecule has 4 N–H and O–H groups in total. The van der Waals surface area contributed by atoms with E-state index in [1.807, 2.05) is 0 Å². The Balaban J connectivity index is 2.62. The van der Waals surface area contributed by atoms with Crippen LogP contribution in [0.5, 0.6) is 0 Å². The van der Waals surface area contributed by atoms with Gasteiger partial charge in [-0.05, 0) is 0 Å². The van der Waals surface area contributed by atoms with Gasteiger partial charge in [-0.3, -0.25) is 9.63 Å². The van der Waals surface area contributed by atoms with Crippen LogP contribution in [-0.4, -0.2) is 32.7 Å². The Morgan fingerprint density at radius 3 is 3.00 bits per heavy atom. The summed E-state index contributed by atoms with van der Waals surface area (Å²) in [7, 11) is -0.842. The molecule has 0 saturated heterocycles. The number of hydrogen-bond acceptors (Lipinski definition) is 6. The summed E-state index contributed by atoms with van der Waals surface area (Å²) in [5, 5.41) is 3.35. The van der Waals surface area contributed by atoms with E-state index >= 15 is 0 Å². The molecule has 0 aliphatic heterocycles. The zero-order valence-corrected chi connectivity index (χ0v) is 9.73. The number of aromatic nitrogens is 2. The van der Waals surface area contributed by atoms with Crippen LogP contribution in [0, 0.1) is 0 Å². The molecule has 1 unspecified atom stereocenters. The van der Waals surface area contributed by atoms with E-state index in [-0.39, 0.29) is 5.95 Å². The van der Waals surface area contributed by atoms with Crippen molar-refractivity contribution in [2.45, 2.75) is 0 Å². The van der Waals surface area contributed by atoms with Crippen LogP contribution in [0.25, 0.3) is 0 Å². The molecule has 8 heteroatoms. The van der Waals surface area contributed by atoms with Crippen LogP contribution in [0.2, 0.25) is 5.02 Å². The van der Waals surface area contributed by atoms with Crippen LogP contribution in [0.3, 0.4) is 0 Å². The number of rotatable bonds is 5. The highest BCUT2D eigenvalue weighted by molar-refractivity contribution is 7.84. The Kier molecular flexibility index (Phi) is 4.73. The highest BCUT2D eigenvalue weighted by Gasteiger charge is 2.03. The maximum Gasteiger partial charge on any atom is 0.239 e. The van der Waals surface area contributed by atoms with E-state index in [0.29, 0.717) is 23.1 Å². The van der Waals surface area contributed by atoms with Gasteiger partial charge in [-0.15, -0.1) is 0 Å². The van der Waals surface area contributed by atoms with Gasteiger partial charge < -0.3 is 5.32 Å². The van der Waals surface area contributed by atoms with Gasteiger partial charge in [0.05, 0.1) is 6.20 Å². The molecule has 0 aliphatic carbocycles. The van der Waals surface area contributed by atoms with E-state index < -0.39 is 10.8 Å². The van der Waals surface area contributed by atoms with Gasteiger partial charge >= 0.3 is 0 Å². The molecule has 1 heterocycles. The first-order chi connectivity index (χ1) is 7.13. The van der Waals surface area contributed by atoms with Crippen molar-refractivity contribution in [3.05, 3.63) is 11.2 Å². The Morgan fingerprint density at radius 1 is 1.67 bits per heavy atom. The van der Waals surface area contributed by atoms with E-state index in [0.717, 1.165) is 0 Å². The molecule has 84 valence electrons. The number of nitrogens with zero attached hydrogens (tertiary/aromatic N) is 2. The Labute approximate surface area is 95.1 Å².